The van der Waals surface area contributed by atoms with Gasteiger partial charge in [-0.05, 0) is 48.4 Å². The third kappa shape index (κ3) is 5.96. The number of amides is 1. The Balaban J connectivity index is 1.61. The van der Waals surface area contributed by atoms with Crippen LogP contribution in [-0.4, -0.2) is 25.6 Å². The molecule has 4 aromatic carbocycles. The highest BCUT2D eigenvalue weighted by Crippen LogP contribution is 2.30. The third-order valence-electron chi connectivity index (χ3n) is 5.56. The number of rotatable bonds is 8. The van der Waals surface area contributed by atoms with Gasteiger partial charge in [-0.3, -0.25) is 4.79 Å². The molecule has 0 heterocycles. The summed E-state index contributed by atoms with van der Waals surface area (Å²) in [7, 11) is -4.11. The van der Waals surface area contributed by atoms with E-state index in [0.717, 1.165) is 5.56 Å². The van der Waals surface area contributed by atoms with Gasteiger partial charge in [0.05, 0.1) is 6.21 Å². The van der Waals surface area contributed by atoms with Crippen molar-refractivity contribution in [1.82, 2.24) is 5.43 Å². The molecule has 0 aliphatic heterocycles. The molecule has 188 valence electrons. The Morgan fingerprint density at radius 3 is 2.05 bits per heavy atom. The zero-order chi connectivity index (χ0) is 26.5. The summed E-state index contributed by atoms with van der Waals surface area (Å²) in [6.07, 6.45) is 1.25. The van der Waals surface area contributed by atoms with Crippen molar-refractivity contribution < 1.29 is 22.5 Å². The van der Waals surface area contributed by atoms with Gasteiger partial charge in [0, 0.05) is 10.0 Å². The van der Waals surface area contributed by atoms with Crippen molar-refractivity contribution >= 4 is 38.2 Å². The lowest BCUT2D eigenvalue weighted by atomic mass is 9.85. The SMILES string of the molecule is Cc1ccc(S(=O)(=O)Oc2ccc(Br)cc2/C=N\NC(=O)C(O)(c2ccccc2)c2ccccc2)cc1. The fourth-order valence-corrected chi connectivity index (χ4v) is 4.93. The van der Waals surface area contributed by atoms with E-state index in [0.29, 0.717) is 15.6 Å². The summed E-state index contributed by atoms with van der Waals surface area (Å²) in [6.45, 7) is 1.85. The minimum atomic E-state index is -4.11. The molecule has 0 aliphatic carbocycles. The highest BCUT2D eigenvalue weighted by atomic mass is 79.9. The predicted octanol–water partition coefficient (Wildman–Crippen LogP) is 4.91. The molecule has 0 aliphatic rings. The van der Waals surface area contributed by atoms with E-state index in [1.54, 1.807) is 84.9 Å². The van der Waals surface area contributed by atoms with Crippen LogP contribution in [-0.2, 0) is 20.5 Å². The van der Waals surface area contributed by atoms with E-state index in [2.05, 4.69) is 26.5 Å². The van der Waals surface area contributed by atoms with E-state index in [1.807, 2.05) is 6.92 Å². The van der Waals surface area contributed by atoms with E-state index in [-0.39, 0.29) is 16.2 Å². The molecule has 0 saturated heterocycles. The quantitative estimate of drug-likeness (QED) is 0.175. The lowest BCUT2D eigenvalue weighted by Gasteiger charge is -2.27. The Morgan fingerprint density at radius 1 is 0.919 bits per heavy atom. The zero-order valence-electron chi connectivity index (χ0n) is 19.7. The summed E-state index contributed by atoms with van der Waals surface area (Å²) in [5.74, 6) is -0.769. The minimum Gasteiger partial charge on any atom is -0.378 e. The number of nitrogens with zero attached hydrogens (tertiary/aromatic N) is 1. The van der Waals surface area contributed by atoms with Gasteiger partial charge in [-0.25, -0.2) is 5.43 Å². The first-order valence-electron chi connectivity index (χ1n) is 11.2. The van der Waals surface area contributed by atoms with Crippen LogP contribution in [0.3, 0.4) is 0 Å². The van der Waals surface area contributed by atoms with Crippen molar-refractivity contribution in [2.75, 3.05) is 0 Å². The maximum atomic E-state index is 13.2. The predicted molar refractivity (Wildman–Crippen MR) is 145 cm³/mol. The Bertz CT molecular complexity index is 1480. The second-order valence-corrected chi connectivity index (χ2v) is 10.6. The van der Waals surface area contributed by atoms with Crippen molar-refractivity contribution in [2.24, 2.45) is 5.10 Å². The van der Waals surface area contributed by atoms with Gasteiger partial charge >= 0.3 is 10.1 Å². The second-order valence-electron chi connectivity index (χ2n) is 8.17. The van der Waals surface area contributed by atoms with Crippen LogP contribution >= 0.6 is 15.9 Å². The fourth-order valence-electron chi connectivity index (χ4n) is 3.60. The number of hydrogen-bond acceptors (Lipinski definition) is 6. The molecule has 0 spiro atoms. The summed E-state index contributed by atoms with van der Waals surface area (Å²) >= 11 is 3.35. The van der Waals surface area contributed by atoms with Crippen molar-refractivity contribution in [1.29, 1.82) is 0 Å². The number of aliphatic hydroxyl groups is 1. The average Bonchev–Trinajstić information content (AvgIpc) is 2.90. The third-order valence-corrected chi connectivity index (χ3v) is 7.30. The fraction of sp³-hybridized carbons (Fsp3) is 0.0714. The number of nitrogens with one attached hydrogen (secondary N) is 1. The van der Waals surface area contributed by atoms with Gasteiger partial charge in [-0.15, -0.1) is 0 Å². The van der Waals surface area contributed by atoms with E-state index in [1.165, 1.54) is 24.4 Å². The van der Waals surface area contributed by atoms with Gasteiger partial charge in [0.2, 0.25) is 0 Å². The van der Waals surface area contributed by atoms with Crippen molar-refractivity contribution in [3.05, 3.63) is 130 Å². The molecule has 7 nitrogen and oxygen atoms in total. The summed E-state index contributed by atoms with van der Waals surface area (Å²) in [5.41, 5.74) is 2.30. The molecule has 0 unspecified atom stereocenters. The van der Waals surface area contributed by atoms with Gasteiger partial charge in [0.15, 0.2) is 11.4 Å². The molecule has 1 amide bonds. The topological polar surface area (TPSA) is 105 Å². The molecule has 9 heteroatoms. The Labute approximate surface area is 223 Å². The Kier molecular flexibility index (Phi) is 7.87. The molecule has 0 bridgehead atoms. The lowest BCUT2D eigenvalue weighted by molar-refractivity contribution is -0.136. The average molecular weight is 579 g/mol. The van der Waals surface area contributed by atoms with E-state index < -0.39 is 21.6 Å². The molecule has 0 fully saturated rings. The number of carbonyl (C=O) groups is 1. The van der Waals surface area contributed by atoms with Crippen molar-refractivity contribution in [3.8, 4) is 5.75 Å². The summed E-state index contributed by atoms with van der Waals surface area (Å²) in [6, 6.07) is 28.0. The lowest BCUT2D eigenvalue weighted by Crippen LogP contribution is -2.43. The molecule has 0 atom stereocenters. The first-order valence-corrected chi connectivity index (χ1v) is 13.4. The first kappa shape index (κ1) is 26.3. The summed E-state index contributed by atoms with van der Waals surface area (Å²) in [4.78, 5) is 13.2. The Hall–Kier alpha value is -3.79. The highest BCUT2D eigenvalue weighted by molar-refractivity contribution is 9.10. The van der Waals surface area contributed by atoms with E-state index in [4.69, 9.17) is 4.18 Å². The van der Waals surface area contributed by atoms with Crippen LogP contribution in [0.5, 0.6) is 5.75 Å². The standard InChI is InChI=1S/C28H23BrN2O5S/c1-20-12-15-25(16-13-20)37(34,35)36-26-17-14-24(29)18-21(26)19-30-31-27(32)28(33,22-8-4-2-5-9-22)23-10-6-3-7-11-23/h2-19,33H,1H3,(H,31,32)/b30-19-. The van der Waals surface area contributed by atoms with Crippen LogP contribution in [0, 0.1) is 6.92 Å². The molecular formula is C28H23BrN2O5S. The van der Waals surface area contributed by atoms with Crippen molar-refractivity contribution in [2.45, 2.75) is 17.4 Å². The van der Waals surface area contributed by atoms with Crippen molar-refractivity contribution in [3.63, 3.8) is 0 Å². The molecule has 4 rings (SSSR count). The minimum absolute atomic E-state index is 0.00740. The van der Waals surface area contributed by atoms with Crippen LogP contribution in [0.25, 0.3) is 0 Å². The molecule has 0 saturated carbocycles. The number of hydrazone groups is 1. The maximum absolute atomic E-state index is 13.2. The zero-order valence-corrected chi connectivity index (χ0v) is 22.1. The molecule has 2 N–H and O–H groups in total. The molecule has 0 aromatic heterocycles. The number of benzene rings is 4. The second kappa shape index (κ2) is 11.1. The van der Waals surface area contributed by atoms with Gasteiger partial charge in [0.1, 0.15) is 4.90 Å². The Morgan fingerprint density at radius 2 is 1.49 bits per heavy atom. The largest absolute Gasteiger partial charge is 0.378 e. The van der Waals surface area contributed by atoms with Gasteiger partial charge < -0.3 is 9.29 Å². The summed E-state index contributed by atoms with van der Waals surface area (Å²) < 4.78 is 31.6. The monoisotopic (exact) mass is 578 g/mol. The molecule has 4 aromatic rings. The van der Waals surface area contributed by atoms with E-state index in [9.17, 15) is 18.3 Å². The number of carbonyl (C=O) groups excluding carboxylic acids is 1. The number of aryl methyl sites for hydroxylation is 1. The molecular weight excluding hydrogens is 556 g/mol. The number of halogens is 1. The van der Waals surface area contributed by atoms with Gasteiger partial charge in [-0.1, -0.05) is 94.3 Å². The van der Waals surface area contributed by atoms with Gasteiger partial charge in [-0.2, -0.15) is 13.5 Å². The van der Waals surface area contributed by atoms with Crippen LogP contribution in [0.1, 0.15) is 22.3 Å². The van der Waals surface area contributed by atoms with Crippen LogP contribution in [0.2, 0.25) is 0 Å². The van der Waals surface area contributed by atoms with E-state index >= 15 is 0 Å². The molecule has 0 radical (unpaired) electrons. The summed E-state index contributed by atoms with van der Waals surface area (Å²) in [5, 5.41) is 15.5. The normalized spacial score (nSPS) is 11.9. The molecule has 37 heavy (non-hydrogen) atoms. The van der Waals surface area contributed by atoms with Crippen LogP contribution in [0.4, 0.5) is 0 Å². The van der Waals surface area contributed by atoms with Crippen LogP contribution in [0.15, 0.2) is 118 Å². The smallest absolute Gasteiger partial charge is 0.339 e. The van der Waals surface area contributed by atoms with Crippen LogP contribution < -0.4 is 9.61 Å². The first-order chi connectivity index (χ1) is 17.7. The number of hydrogen-bond donors (Lipinski definition) is 2. The highest BCUT2D eigenvalue weighted by Gasteiger charge is 2.39. The maximum Gasteiger partial charge on any atom is 0.339 e. The van der Waals surface area contributed by atoms with Gasteiger partial charge in [0.25, 0.3) is 5.91 Å².